The second-order valence-electron chi connectivity index (χ2n) is 3.91. The van der Waals surface area contributed by atoms with Crippen LogP contribution in [0, 0.1) is 0 Å². The molecule has 0 aromatic rings. The van der Waals surface area contributed by atoms with Gasteiger partial charge in [0.2, 0.25) is 0 Å². The van der Waals surface area contributed by atoms with Crippen molar-refractivity contribution in [1.82, 2.24) is 0 Å². The molecule has 2 heteroatoms. The minimum Gasteiger partial charge on any atom is -0.348 e. The Labute approximate surface area is 80.9 Å². The normalized spacial score (nSPS) is 27.2. The highest BCUT2D eigenvalue weighted by Crippen LogP contribution is 2.24. The van der Waals surface area contributed by atoms with Crippen LogP contribution < -0.4 is 0 Å². The summed E-state index contributed by atoms with van der Waals surface area (Å²) in [6, 6.07) is 0. The lowest BCUT2D eigenvalue weighted by Crippen LogP contribution is -2.21. The zero-order valence-electron chi connectivity index (χ0n) is 8.88. The zero-order valence-corrected chi connectivity index (χ0v) is 8.88. The van der Waals surface area contributed by atoms with Crippen LogP contribution in [0.1, 0.15) is 40.0 Å². The molecule has 76 valence electrons. The van der Waals surface area contributed by atoms with E-state index in [9.17, 15) is 0 Å². The van der Waals surface area contributed by atoms with E-state index in [1.807, 2.05) is 13.8 Å². The molecule has 0 aromatic heterocycles. The first kappa shape index (κ1) is 10.7. The van der Waals surface area contributed by atoms with E-state index in [1.165, 1.54) is 0 Å². The van der Waals surface area contributed by atoms with Crippen molar-refractivity contribution in [2.45, 2.75) is 51.9 Å². The van der Waals surface area contributed by atoms with E-state index in [0.29, 0.717) is 0 Å². The Balaban J connectivity index is 2.14. The molecule has 1 fully saturated rings. The minimum atomic E-state index is -0.362. The predicted octanol–water partition coefficient (Wildman–Crippen LogP) is 2.88. The number of rotatable bonds is 4. The summed E-state index contributed by atoms with van der Waals surface area (Å²) in [5.41, 5.74) is 0. The van der Waals surface area contributed by atoms with Crippen molar-refractivity contribution in [2.24, 2.45) is 0 Å². The molecule has 0 bridgehead atoms. The maximum atomic E-state index is 5.67. The SMILES string of the molecule is CCC=CCC[C@@H]1COC(C)(C)O1. The Bertz CT molecular complexity index is 173. The van der Waals surface area contributed by atoms with Crippen LogP contribution in [0.5, 0.6) is 0 Å². The average Bonchev–Trinajstić information content (AvgIpc) is 2.40. The van der Waals surface area contributed by atoms with Crippen molar-refractivity contribution < 1.29 is 9.47 Å². The third-order valence-electron chi connectivity index (χ3n) is 2.12. The number of ether oxygens (including phenoxy) is 2. The third-order valence-corrected chi connectivity index (χ3v) is 2.12. The number of hydrogen-bond donors (Lipinski definition) is 0. The lowest BCUT2D eigenvalue weighted by atomic mass is 10.2. The molecule has 1 heterocycles. The second kappa shape index (κ2) is 4.77. The smallest absolute Gasteiger partial charge is 0.163 e. The molecule has 0 unspecified atom stereocenters. The average molecular weight is 184 g/mol. The van der Waals surface area contributed by atoms with Crippen LogP contribution in [0.15, 0.2) is 12.2 Å². The summed E-state index contributed by atoms with van der Waals surface area (Å²) >= 11 is 0. The first-order valence-electron chi connectivity index (χ1n) is 5.11. The summed E-state index contributed by atoms with van der Waals surface area (Å²) in [6.45, 7) is 6.82. The first-order chi connectivity index (χ1) is 6.14. The van der Waals surface area contributed by atoms with Crippen molar-refractivity contribution >= 4 is 0 Å². The Kier molecular flexibility index (Phi) is 3.94. The maximum absolute atomic E-state index is 5.67. The summed E-state index contributed by atoms with van der Waals surface area (Å²) in [6.07, 6.45) is 7.98. The van der Waals surface area contributed by atoms with Crippen molar-refractivity contribution in [1.29, 1.82) is 0 Å². The van der Waals surface area contributed by atoms with Gasteiger partial charge in [-0.3, -0.25) is 0 Å². The molecule has 0 radical (unpaired) electrons. The van der Waals surface area contributed by atoms with Gasteiger partial charge in [-0.25, -0.2) is 0 Å². The monoisotopic (exact) mass is 184 g/mol. The van der Waals surface area contributed by atoms with Crippen LogP contribution in [0.25, 0.3) is 0 Å². The molecule has 0 amide bonds. The van der Waals surface area contributed by atoms with Crippen LogP contribution in [-0.2, 0) is 9.47 Å². The van der Waals surface area contributed by atoms with Crippen molar-refractivity contribution in [3.8, 4) is 0 Å². The van der Waals surface area contributed by atoms with Gasteiger partial charge in [-0.2, -0.15) is 0 Å². The zero-order chi connectivity index (χ0) is 9.73. The van der Waals surface area contributed by atoms with E-state index in [0.717, 1.165) is 25.9 Å². The van der Waals surface area contributed by atoms with Crippen molar-refractivity contribution in [3.63, 3.8) is 0 Å². The van der Waals surface area contributed by atoms with Crippen LogP contribution >= 0.6 is 0 Å². The van der Waals surface area contributed by atoms with Crippen molar-refractivity contribution in [3.05, 3.63) is 12.2 Å². The van der Waals surface area contributed by atoms with Gasteiger partial charge in [-0.05, 0) is 33.1 Å². The van der Waals surface area contributed by atoms with Gasteiger partial charge in [0.25, 0.3) is 0 Å². The Morgan fingerprint density at radius 3 is 2.69 bits per heavy atom. The van der Waals surface area contributed by atoms with Gasteiger partial charge >= 0.3 is 0 Å². The molecule has 13 heavy (non-hydrogen) atoms. The van der Waals surface area contributed by atoms with E-state index in [4.69, 9.17) is 9.47 Å². The molecule has 1 rings (SSSR count). The van der Waals surface area contributed by atoms with Gasteiger partial charge < -0.3 is 9.47 Å². The van der Waals surface area contributed by atoms with E-state index in [-0.39, 0.29) is 11.9 Å². The largest absolute Gasteiger partial charge is 0.348 e. The lowest BCUT2D eigenvalue weighted by molar-refractivity contribution is -0.138. The molecule has 0 aliphatic carbocycles. The Hall–Kier alpha value is -0.340. The molecule has 1 aliphatic rings. The second-order valence-corrected chi connectivity index (χ2v) is 3.91. The molecule has 2 nitrogen and oxygen atoms in total. The molecule has 1 aliphatic heterocycles. The molecule has 0 spiro atoms. The number of allylic oxidation sites excluding steroid dienone is 2. The molecular formula is C11H20O2. The van der Waals surface area contributed by atoms with Gasteiger partial charge in [0.15, 0.2) is 5.79 Å². The molecule has 0 saturated carbocycles. The maximum Gasteiger partial charge on any atom is 0.163 e. The molecular weight excluding hydrogens is 164 g/mol. The third kappa shape index (κ3) is 3.92. The summed E-state index contributed by atoms with van der Waals surface area (Å²) in [5, 5.41) is 0. The fourth-order valence-corrected chi connectivity index (χ4v) is 1.47. The van der Waals surface area contributed by atoms with E-state index < -0.39 is 0 Å². The number of hydrogen-bond acceptors (Lipinski definition) is 2. The van der Waals surface area contributed by atoms with Gasteiger partial charge in [0.05, 0.1) is 12.7 Å². The highest BCUT2D eigenvalue weighted by Gasteiger charge is 2.31. The lowest BCUT2D eigenvalue weighted by Gasteiger charge is -2.16. The fraction of sp³-hybridized carbons (Fsp3) is 0.818. The van der Waals surface area contributed by atoms with Crippen LogP contribution in [-0.4, -0.2) is 18.5 Å². The standard InChI is InChI=1S/C11H20O2/c1-4-5-6-7-8-10-9-12-11(2,3)13-10/h5-6,10H,4,7-9H2,1-3H3/t10-/m1/s1. The van der Waals surface area contributed by atoms with Gasteiger partial charge in [-0.15, -0.1) is 0 Å². The quantitative estimate of drug-likeness (QED) is 0.625. The minimum absolute atomic E-state index is 0.288. The van der Waals surface area contributed by atoms with E-state index in [1.54, 1.807) is 0 Å². The van der Waals surface area contributed by atoms with E-state index >= 15 is 0 Å². The molecule has 0 N–H and O–H groups in total. The molecule has 1 saturated heterocycles. The van der Waals surface area contributed by atoms with Gasteiger partial charge in [0.1, 0.15) is 0 Å². The fourth-order valence-electron chi connectivity index (χ4n) is 1.47. The predicted molar refractivity (Wildman–Crippen MR) is 53.6 cm³/mol. The van der Waals surface area contributed by atoms with Crippen LogP contribution in [0.4, 0.5) is 0 Å². The summed E-state index contributed by atoms with van der Waals surface area (Å²) in [7, 11) is 0. The Morgan fingerprint density at radius 2 is 2.15 bits per heavy atom. The highest BCUT2D eigenvalue weighted by atomic mass is 16.7. The van der Waals surface area contributed by atoms with Gasteiger partial charge in [0, 0.05) is 0 Å². The summed E-state index contributed by atoms with van der Waals surface area (Å²) in [4.78, 5) is 0. The molecule has 0 aromatic carbocycles. The van der Waals surface area contributed by atoms with Crippen LogP contribution in [0.2, 0.25) is 0 Å². The highest BCUT2D eigenvalue weighted by molar-refractivity contribution is 4.82. The first-order valence-corrected chi connectivity index (χ1v) is 5.11. The topological polar surface area (TPSA) is 18.5 Å². The van der Waals surface area contributed by atoms with Crippen molar-refractivity contribution in [2.75, 3.05) is 6.61 Å². The van der Waals surface area contributed by atoms with Gasteiger partial charge in [-0.1, -0.05) is 19.1 Å². The summed E-state index contributed by atoms with van der Waals surface area (Å²) < 4.78 is 11.1. The molecule has 1 atom stereocenters. The Morgan fingerprint density at radius 1 is 1.38 bits per heavy atom. The van der Waals surface area contributed by atoms with Crippen LogP contribution in [0.3, 0.4) is 0 Å². The van der Waals surface area contributed by atoms with E-state index in [2.05, 4.69) is 19.1 Å². The summed E-state index contributed by atoms with van der Waals surface area (Å²) in [5.74, 6) is -0.362.